The van der Waals surface area contributed by atoms with E-state index in [9.17, 15) is 5.11 Å². The van der Waals surface area contributed by atoms with Gasteiger partial charge in [0.2, 0.25) is 0 Å². The van der Waals surface area contributed by atoms with Crippen molar-refractivity contribution in [1.82, 2.24) is 14.5 Å². The summed E-state index contributed by atoms with van der Waals surface area (Å²) in [4.78, 5) is 10.1. The van der Waals surface area contributed by atoms with Gasteiger partial charge in [-0.05, 0) is 86.7 Å². The molecule has 0 atom stereocenters. The third-order valence-corrected chi connectivity index (χ3v) is 11.1. The summed E-state index contributed by atoms with van der Waals surface area (Å²) in [5.41, 5.74) is 15.0. The molecular weight excluding hydrogens is 902 g/mol. The number of rotatable bonds is 6. The van der Waals surface area contributed by atoms with Crippen molar-refractivity contribution >= 4 is 21.8 Å². The van der Waals surface area contributed by atoms with Gasteiger partial charge in [-0.15, -0.1) is 24.3 Å². The number of aromatic hydroxyl groups is 1. The monoisotopic (exact) mass is 947 g/mol. The van der Waals surface area contributed by atoms with Gasteiger partial charge in [0.05, 0.1) is 16.7 Å². The molecule has 5 heteroatoms. The molecule has 1 N–H and O–H groups in total. The molecule has 0 spiro atoms. The fourth-order valence-electron chi connectivity index (χ4n) is 7.82. The van der Waals surface area contributed by atoms with E-state index in [1.807, 2.05) is 42.6 Å². The number of phenols is 1. The molecule has 59 heavy (non-hydrogen) atoms. The van der Waals surface area contributed by atoms with Crippen molar-refractivity contribution in [2.24, 2.45) is 0 Å². The van der Waals surface area contributed by atoms with Crippen molar-refractivity contribution in [3.8, 4) is 67.5 Å². The van der Waals surface area contributed by atoms with Crippen molar-refractivity contribution in [2.45, 2.75) is 52.4 Å². The predicted molar refractivity (Wildman–Crippen MR) is 241 cm³/mol. The molecule has 0 fully saturated rings. The minimum Gasteiger partial charge on any atom is -0.507 e. The summed E-state index contributed by atoms with van der Waals surface area (Å²) >= 11 is 0. The number of hydrogen-bond acceptors (Lipinski definition) is 3. The average Bonchev–Trinajstić information content (AvgIpc) is 3.57. The average molecular weight is 948 g/mol. The second kappa shape index (κ2) is 15.6. The van der Waals surface area contributed by atoms with Crippen molar-refractivity contribution in [2.75, 3.05) is 0 Å². The first kappa shape index (κ1) is 39.7. The molecule has 0 bridgehead atoms. The second-order valence-electron chi connectivity index (χ2n) is 17.3. The van der Waals surface area contributed by atoms with Crippen LogP contribution < -0.4 is 0 Å². The van der Waals surface area contributed by atoms with Crippen LogP contribution in [0, 0.1) is 6.07 Å². The Morgan fingerprint density at radius 1 is 0.492 bits per heavy atom. The smallest absolute Gasteiger partial charge is 0.124 e. The summed E-state index contributed by atoms with van der Waals surface area (Å²) < 4.78 is 2.34. The SMILES string of the molecule is CC(C)(C)c1cc(-c2cc(-c3[c-]c(-c4ccc(-c5ccc6c7ccccc7n(-c7ccccc7)c6c5)cn4)ccc3)nc(-c3ccccc3O)c2)cc(C(C)(C)C)c1.[Pt]. The van der Waals surface area contributed by atoms with Gasteiger partial charge in [-0.1, -0.05) is 150 Å². The van der Waals surface area contributed by atoms with Gasteiger partial charge in [-0.2, -0.15) is 0 Å². The normalized spacial score (nSPS) is 11.8. The van der Waals surface area contributed by atoms with E-state index < -0.39 is 0 Å². The van der Waals surface area contributed by atoms with Crippen LogP contribution in [0.25, 0.3) is 83.5 Å². The molecule has 0 radical (unpaired) electrons. The Hall–Kier alpha value is -6.09. The zero-order chi connectivity index (χ0) is 40.2. The number of pyridine rings is 2. The fourth-order valence-corrected chi connectivity index (χ4v) is 7.82. The summed E-state index contributed by atoms with van der Waals surface area (Å²) in [6, 6.07) is 58.4. The second-order valence-corrected chi connectivity index (χ2v) is 17.3. The Morgan fingerprint density at radius 2 is 1.10 bits per heavy atom. The van der Waals surface area contributed by atoms with Gasteiger partial charge in [0, 0.05) is 60.7 Å². The molecule has 0 aliphatic carbocycles. The summed E-state index contributed by atoms with van der Waals surface area (Å²) in [7, 11) is 0. The van der Waals surface area contributed by atoms with Crippen LogP contribution in [0.5, 0.6) is 5.75 Å². The Kier molecular flexibility index (Phi) is 10.5. The molecule has 6 aromatic carbocycles. The Bertz CT molecular complexity index is 2940. The van der Waals surface area contributed by atoms with E-state index in [1.165, 1.54) is 27.4 Å². The third kappa shape index (κ3) is 7.78. The van der Waals surface area contributed by atoms with Gasteiger partial charge in [-0.3, -0.25) is 9.97 Å². The third-order valence-electron chi connectivity index (χ3n) is 11.1. The van der Waals surface area contributed by atoms with Crippen LogP contribution in [0.15, 0.2) is 164 Å². The summed E-state index contributed by atoms with van der Waals surface area (Å²) in [6.07, 6.45) is 1.96. The Morgan fingerprint density at radius 3 is 1.80 bits per heavy atom. The van der Waals surface area contributed by atoms with Crippen LogP contribution in [0.1, 0.15) is 52.7 Å². The van der Waals surface area contributed by atoms with E-state index in [0.717, 1.165) is 56.0 Å². The van der Waals surface area contributed by atoms with Crippen molar-refractivity contribution in [3.05, 3.63) is 181 Å². The first-order valence-electron chi connectivity index (χ1n) is 20.0. The van der Waals surface area contributed by atoms with E-state index in [2.05, 4.69) is 167 Å². The van der Waals surface area contributed by atoms with E-state index >= 15 is 0 Å². The van der Waals surface area contributed by atoms with Gasteiger partial charge in [0.1, 0.15) is 5.75 Å². The maximum Gasteiger partial charge on any atom is 0.124 e. The molecule has 3 heterocycles. The standard InChI is InChI=1S/C54H46N3O.Pt/c1-53(2,3)41-28-39(29-42(33-41)54(4,5)6)40-30-48(56-49(31-40)46-20-11-13-22-52(46)58)37-16-14-15-36(27-37)47-26-24-38(34-55-47)35-23-25-45-44-19-10-12-21-50(44)57(51(45)32-35)43-17-8-7-9-18-43;/h7-26,28-34,58H,1-6H3;/q-1;. The zero-order valence-electron chi connectivity index (χ0n) is 34.2. The number of hydrogen-bond donors (Lipinski definition) is 1. The minimum atomic E-state index is -0.0357. The molecule has 9 aromatic rings. The maximum absolute atomic E-state index is 11.0. The van der Waals surface area contributed by atoms with Crippen LogP contribution in [-0.2, 0) is 31.9 Å². The Labute approximate surface area is 361 Å². The topological polar surface area (TPSA) is 50.9 Å². The predicted octanol–water partition coefficient (Wildman–Crippen LogP) is 14.0. The van der Waals surface area contributed by atoms with Gasteiger partial charge in [0.15, 0.2) is 0 Å². The van der Waals surface area contributed by atoms with Crippen molar-refractivity contribution in [3.63, 3.8) is 0 Å². The first-order valence-corrected chi connectivity index (χ1v) is 20.0. The molecule has 0 saturated heterocycles. The first-order chi connectivity index (χ1) is 27.9. The van der Waals surface area contributed by atoms with E-state index in [-0.39, 0.29) is 37.6 Å². The van der Waals surface area contributed by atoms with Crippen molar-refractivity contribution in [1.29, 1.82) is 0 Å². The van der Waals surface area contributed by atoms with Gasteiger partial charge >= 0.3 is 0 Å². The molecule has 0 saturated carbocycles. The molecule has 0 aliphatic heterocycles. The maximum atomic E-state index is 11.0. The summed E-state index contributed by atoms with van der Waals surface area (Å²) in [5, 5.41) is 13.4. The number of fused-ring (bicyclic) bond motifs is 3. The molecule has 9 rings (SSSR count). The molecule has 0 amide bonds. The molecule has 0 unspecified atom stereocenters. The van der Waals surface area contributed by atoms with E-state index in [0.29, 0.717) is 11.3 Å². The van der Waals surface area contributed by atoms with Gasteiger partial charge < -0.3 is 9.67 Å². The zero-order valence-corrected chi connectivity index (χ0v) is 36.5. The minimum absolute atomic E-state index is 0. The molecule has 0 aliphatic rings. The van der Waals surface area contributed by atoms with Crippen LogP contribution >= 0.6 is 0 Å². The van der Waals surface area contributed by atoms with Crippen LogP contribution in [0.2, 0.25) is 0 Å². The fraction of sp³-hybridized carbons (Fsp3) is 0.148. The Balaban J connectivity index is 0.00000484. The number of aromatic nitrogens is 3. The number of benzene rings is 6. The molecular formula is C54H46N3OPt-. The summed E-state index contributed by atoms with van der Waals surface area (Å²) in [5.74, 6) is 0.194. The molecule has 3 aromatic heterocycles. The quantitative estimate of drug-likeness (QED) is 0.169. The van der Waals surface area contributed by atoms with Gasteiger partial charge in [0.25, 0.3) is 0 Å². The molecule has 4 nitrogen and oxygen atoms in total. The van der Waals surface area contributed by atoms with E-state index in [1.54, 1.807) is 6.07 Å². The van der Waals surface area contributed by atoms with Crippen LogP contribution in [0.4, 0.5) is 0 Å². The summed E-state index contributed by atoms with van der Waals surface area (Å²) in [6.45, 7) is 13.6. The largest absolute Gasteiger partial charge is 0.507 e. The number of para-hydroxylation sites is 3. The van der Waals surface area contributed by atoms with Crippen LogP contribution in [-0.4, -0.2) is 19.6 Å². The van der Waals surface area contributed by atoms with Crippen molar-refractivity contribution < 1.29 is 26.2 Å². The number of nitrogens with zero attached hydrogens (tertiary/aromatic N) is 3. The number of phenolic OH excluding ortho intramolecular Hbond substituents is 1. The van der Waals surface area contributed by atoms with Crippen LogP contribution in [0.3, 0.4) is 0 Å². The van der Waals surface area contributed by atoms with Gasteiger partial charge in [-0.25, -0.2) is 0 Å². The van der Waals surface area contributed by atoms with E-state index in [4.69, 9.17) is 9.97 Å². The molecule has 294 valence electrons.